The lowest BCUT2D eigenvalue weighted by Gasteiger charge is -2.04. The molecule has 1 heterocycles. The van der Waals surface area contributed by atoms with E-state index in [-0.39, 0.29) is 6.04 Å². The molecule has 2 aromatic rings. The molecule has 0 radical (unpaired) electrons. The molecule has 1 aliphatic rings. The smallest absolute Gasteiger partial charge is 0.161 e. The lowest BCUT2D eigenvalue weighted by molar-refractivity contribution is 0.849. The number of benzene rings is 2. The van der Waals surface area contributed by atoms with Crippen molar-refractivity contribution in [3.05, 3.63) is 66.2 Å². The first-order valence-electron chi connectivity index (χ1n) is 5.99. The Labute approximate surface area is 111 Å². The number of anilines is 1. The fourth-order valence-corrected chi connectivity index (χ4v) is 2.91. The minimum Gasteiger partial charge on any atom is -0.335 e. The molecule has 0 spiro atoms. The first-order valence-corrected chi connectivity index (χ1v) is 6.98. The summed E-state index contributed by atoms with van der Waals surface area (Å²) in [6.45, 7) is 0. The summed E-state index contributed by atoms with van der Waals surface area (Å²) < 4.78 is 0. The third-order valence-corrected chi connectivity index (χ3v) is 3.82. The molecule has 0 saturated carbocycles. The zero-order chi connectivity index (χ0) is 12.2. The van der Waals surface area contributed by atoms with Crippen LogP contribution in [-0.4, -0.2) is 10.9 Å². The van der Waals surface area contributed by atoms with Crippen LogP contribution in [0.5, 0.6) is 0 Å². The number of hydrogen-bond donors (Lipinski definition) is 1. The third kappa shape index (κ3) is 2.57. The second kappa shape index (κ2) is 5.27. The molecule has 2 aromatic carbocycles. The van der Waals surface area contributed by atoms with Crippen molar-refractivity contribution in [3.63, 3.8) is 0 Å². The van der Waals surface area contributed by atoms with Gasteiger partial charge in [0.2, 0.25) is 0 Å². The molecule has 3 rings (SSSR count). The van der Waals surface area contributed by atoms with Gasteiger partial charge in [0.1, 0.15) is 0 Å². The Morgan fingerprint density at radius 1 is 0.944 bits per heavy atom. The highest BCUT2D eigenvalue weighted by Crippen LogP contribution is 2.30. The van der Waals surface area contributed by atoms with Gasteiger partial charge in [-0.2, -0.15) is 0 Å². The third-order valence-electron chi connectivity index (χ3n) is 2.86. The van der Waals surface area contributed by atoms with Crippen LogP contribution in [0, 0.1) is 0 Å². The van der Waals surface area contributed by atoms with Crippen LogP contribution in [0.4, 0.5) is 5.69 Å². The number of aliphatic imine (C=N–C) groups is 1. The number of para-hydroxylation sites is 1. The zero-order valence-corrected chi connectivity index (χ0v) is 10.7. The summed E-state index contributed by atoms with van der Waals surface area (Å²) in [5.74, 6) is 1.01. The second-order valence-electron chi connectivity index (χ2n) is 4.16. The molecule has 0 amide bonds. The quantitative estimate of drug-likeness (QED) is 0.877. The number of amidine groups is 1. The standard InChI is InChI=1S/C15H14N2S/c1-3-7-12(8-4-1)14-11-18-15(17-14)16-13-9-5-2-6-10-13/h1-10,14H,11H2,(H,16,17). The van der Waals surface area contributed by atoms with Gasteiger partial charge in [-0.3, -0.25) is 4.99 Å². The maximum Gasteiger partial charge on any atom is 0.161 e. The minimum atomic E-state index is 0.280. The molecule has 1 atom stereocenters. The van der Waals surface area contributed by atoms with Crippen LogP contribution < -0.4 is 5.32 Å². The molecule has 0 aliphatic carbocycles. The lowest BCUT2D eigenvalue weighted by Crippen LogP contribution is -2.04. The predicted octanol–water partition coefficient (Wildman–Crippen LogP) is 3.94. The van der Waals surface area contributed by atoms with Gasteiger partial charge < -0.3 is 5.32 Å². The summed E-state index contributed by atoms with van der Waals surface area (Å²) in [5.41, 5.74) is 2.38. The van der Waals surface area contributed by atoms with E-state index in [4.69, 9.17) is 4.99 Å². The summed E-state index contributed by atoms with van der Waals surface area (Å²) in [6.07, 6.45) is 0. The average Bonchev–Trinajstić information content (AvgIpc) is 2.89. The summed E-state index contributed by atoms with van der Waals surface area (Å²) >= 11 is 1.78. The summed E-state index contributed by atoms with van der Waals surface area (Å²) in [6, 6.07) is 20.9. The maximum atomic E-state index is 4.72. The number of nitrogens with one attached hydrogen (secondary N) is 1. The molecular formula is C15H14N2S. The van der Waals surface area contributed by atoms with Crippen LogP contribution in [0.1, 0.15) is 11.6 Å². The highest BCUT2D eigenvalue weighted by atomic mass is 32.2. The first-order chi connectivity index (χ1) is 8.92. The van der Waals surface area contributed by atoms with Gasteiger partial charge in [0.15, 0.2) is 5.17 Å². The van der Waals surface area contributed by atoms with Gasteiger partial charge in [-0.15, -0.1) is 0 Å². The molecule has 1 aliphatic heterocycles. The molecule has 90 valence electrons. The molecular weight excluding hydrogens is 240 g/mol. The average molecular weight is 254 g/mol. The van der Waals surface area contributed by atoms with Crippen molar-refractivity contribution in [1.82, 2.24) is 0 Å². The van der Waals surface area contributed by atoms with E-state index in [1.54, 1.807) is 11.8 Å². The van der Waals surface area contributed by atoms with Crippen molar-refractivity contribution < 1.29 is 0 Å². The van der Waals surface area contributed by atoms with Crippen molar-refractivity contribution >= 4 is 22.6 Å². The van der Waals surface area contributed by atoms with E-state index in [2.05, 4.69) is 41.7 Å². The van der Waals surface area contributed by atoms with Crippen LogP contribution in [0.25, 0.3) is 0 Å². The summed E-state index contributed by atoms with van der Waals surface area (Å²) in [5, 5.41) is 4.36. The molecule has 0 bridgehead atoms. The van der Waals surface area contributed by atoms with E-state index in [0.717, 1.165) is 16.6 Å². The molecule has 0 aromatic heterocycles. The van der Waals surface area contributed by atoms with Crippen molar-refractivity contribution in [1.29, 1.82) is 0 Å². The molecule has 0 fully saturated rings. The Morgan fingerprint density at radius 2 is 1.61 bits per heavy atom. The summed E-state index contributed by atoms with van der Waals surface area (Å²) in [7, 11) is 0. The van der Waals surface area contributed by atoms with Crippen LogP contribution in [0.3, 0.4) is 0 Å². The number of nitrogens with zero attached hydrogens (tertiary/aromatic N) is 1. The van der Waals surface area contributed by atoms with Gasteiger partial charge >= 0.3 is 0 Å². The van der Waals surface area contributed by atoms with Gasteiger partial charge in [0.05, 0.1) is 6.04 Å². The highest BCUT2D eigenvalue weighted by molar-refractivity contribution is 8.14. The maximum absolute atomic E-state index is 4.72. The zero-order valence-electron chi connectivity index (χ0n) is 9.91. The van der Waals surface area contributed by atoms with E-state index in [1.807, 2.05) is 24.3 Å². The minimum absolute atomic E-state index is 0.280. The first kappa shape index (κ1) is 11.4. The summed E-state index contributed by atoms with van der Waals surface area (Å²) in [4.78, 5) is 4.72. The molecule has 1 N–H and O–H groups in total. The second-order valence-corrected chi connectivity index (χ2v) is 5.17. The van der Waals surface area contributed by atoms with Crippen molar-refractivity contribution in [2.45, 2.75) is 6.04 Å². The Hall–Kier alpha value is -1.74. The molecule has 18 heavy (non-hydrogen) atoms. The Morgan fingerprint density at radius 3 is 2.33 bits per heavy atom. The molecule has 2 nitrogen and oxygen atoms in total. The molecule has 1 unspecified atom stereocenters. The van der Waals surface area contributed by atoms with Crippen LogP contribution in [0.2, 0.25) is 0 Å². The van der Waals surface area contributed by atoms with Crippen molar-refractivity contribution in [2.24, 2.45) is 4.99 Å². The largest absolute Gasteiger partial charge is 0.335 e. The Bertz CT molecular complexity index is 537. The number of thioether (sulfide) groups is 1. The van der Waals surface area contributed by atoms with Gasteiger partial charge in [-0.05, 0) is 17.7 Å². The SMILES string of the molecule is c1ccc(NC2=NC(c3ccccc3)CS2)cc1. The molecule has 3 heteroatoms. The van der Waals surface area contributed by atoms with E-state index >= 15 is 0 Å². The molecule has 0 saturated heterocycles. The topological polar surface area (TPSA) is 24.4 Å². The van der Waals surface area contributed by atoms with E-state index < -0.39 is 0 Å². The fraction of sp³-hybridized carbons (Fsp3) is 0.133. The fourth-order valence-electron chi connectivity index (χ4n) is 1.93. The predicted molar refractivity (Wildman–Crippen MR) is 79.1 cm³/mol. The number of rotatable bonds is 2. The van der Waals surface area contributed by atoms with Crippen LogP contribution >= 0.6 is 11.8 Å². The van der Waals surface area contributed by atoms with Crippen molar-refractivity contribution in [3.8, 4) is 0 Å². The van der Waals surface area contributed by atoms with Crippen molar-refractivity contribution in [2.75, 3.05) is 11.1 Å². The van der Waals surface area contributed by atoms with E-state index in [9.17, 15) is 0 Å². The Kier molecular flexibility index (Phi) is 3.33. The van der Waals surface area contributed by atoms with Crippen LogP contribution in [0.15, 0.2) is 65.7 Å². The van der Waals surface area contributed by atoms with Crippen LogP contribution in [-0.2, 0) is 0 Å². The normalized spacial score (nSPS) is 18.4. The highest BCUT2D eigenvalue weighted by Gasteiger charge is 2.19. The Balaban J connectivity index is 1.73. The monoisotopic (exact) mass is 254 g/mol. The van der Waals surface area contributed by atoms with E-state index in [1.165, 1.54) is 5.56 Å². The van der Waals surface area contributed by atoms with Gasteiger partial charge in [0, 0.05) is 11.4 Å². The van der Waals surface area contributed by atoms with Gasteiger partial charge in [-0.25, -0.2) is 0 Å². The number of hydrogen-bond acceptors (Lipinski definition) is 3. The van der Waals surface area contributed by atoms with Gasteiger partial charge in [-0.1, -0.05) is 60.3 Å². The lowest BCUT2D eigenvalue weighted by atomic mass is 10.1. The van der Waals surface area contributed by atoms with Gasteiger partial charge in [0.25, 0.3) is 0 Å². The van der Waals surface area contributed by atoms with E-state index in [0.29, 0.717) is 0 Å².